The van der Waals surface area contributed by atoms with E-state index < -0.39 is 0 Å². The van der Waals surface area contributed by atoms with E-state index >= 15 is 0 Å². The fourth-order valence-corrected chi connectivity index (χ4v) is 3.13. The molecule has 18 heavy (non-hydrogen) atoms. The first-order valence-electron chi connectivity index (χ1n) is 7.03. The maximum Gasteiger partial charge on any atom is 0.119 e. The number of likely N-dealkylation sites (tertiary alicyclic amines) is 1. The molecule has 0 aromatic heterocycles. The van der Waals surface area contributed by atoms with Gasteiger partial charge in [0.2, 0.25) is 0 Å². The summed E-state index contributed by atoms with van der Waals surface area (Å²) in [6.07, 6.45) is 1.13. The molecule has 0 aliphatic carbocycles. The topological polar surface area (TPSA) is 24.5 Å². The van der Waals surface area contributed by atoms with E-state index in [1.165, 1.54) is 32.7 Å². The maximum atomic E-state index is 5.72. The molecular weight excluding hydrogens is 224 g/mol. The molecule has 0 bridgehead atoms. The molecule has 0 amide bonds. The van der Waals surface area contributed by atoms with Crippen molar-refractivity contribution in [3.05, 3.63) is 30.3 Å². The Morgan fingerprint density at radius 2 is 1.83 bits per heavy atom. The molecule has 98 valence electrons. The third kappa shape index (κ3) is 2.85. The molecule has 1 aromatic carbocycles. The molecule has 1 N–H and O–H groups in total. The summed E-state index contributed by atoms with van der Waals surface area (Å²) >= 11 is 0. The Morgan fingerprint density at radius 1 is 1.11 bits per heavy atom. The largest absolute Gasteiger partial charge is 0.494 e. The highest BCUT2D eigenvalue weighted by molar-refractivity contribution is 5.20. The van der Waals surface area contributed by atoms with Gasteiger partial charge in [-0.3, -0.25) is 0 Å². The van der Waals surface area contributed by atoms with Crippen LogP contribution in [0.5, 0.6) is 5.75 Å². The molecule has 3 nitrogen and oxygen atoms in total. The molecule has 3 rings (SSSR count). The van der Waals surface area contributed by atoms with Crippen molar-refractivity contribution in [2.24, 2.45) is 11.8 Å². The number of benzene rings is 1. The van der Waals surface area contributed by atoms with Gasteiger partial charge >= 0.3 is 0 Å². The van der Waals surface area contributed by atoms with Gasteiger partial charge in [-0.05, 0) is 43.5 Å². The summed E-state index contributed by atoms with van der Waals surface area (Å²) in [4.78, 5) is 2.60. The van der Waals surface area contributed by atoms with Crippen molar-refractivity contribution in [2.75, 3.05) is 39.3 Å². The van der Waals surface area contributed by atoms with Crippen LogP contribution in [0.3, 0.4) is 0 Å². The molecule has 2 saturated heterocycles. The smallest absolute Gasteiger partial charge is 0.119 e. The third-order valence-corrected chi connectivity index (χ3v) is 4.10. The summed E-state index contributed by atoms with van der Waals surface area (Å²) < 4.78 is 5.72. The van der Waals surface area contributed by atoms with Crippen LogP contribution in [-0.2, 0) is 0 Å². The Balaban J connectivity index is 1.34. The lowest BCUT2D eigenvalue weighted by Crippen LogP contribution is -2.27. The van der Waals surface area contributed by atoms with Crippen molar-refractivity contribution in [1.82, 2.24) is 10.2 Å². The molecule has 2 fully saturated rings. The lowest BCUT2D eigenvalue weighted by molar-refractivity contribution is 0.254. The number of rotatable bonds is 5. The van der Waals surface area contributed by atoms with Crippen LogP contribution in [0.15, 0.2) is 30.3 Å². The van der Waals surface area contributed by atoms with E-state index in [1.54, 1.807) is 0 Å². The molecule has 2 atom stereocenters. The lowest BCUT2D eigenvalue weighted by atomic mass is 10.0. The second-order valence-electron chi connectivity index (χ2n) is 5.45. The van der Waals surface area contributed by atoms with Crippen molar-refractivity contribution in [3.63, 3.8) is 0 Å². The molecular formula is C15H22N2O. The molecule has 1 aromatic rings. The SMILES string of the molecule is c1ccc(OCCCN2C[C@H]3CNC[C@H]3C2)cc1. The van der Waals surface area contributed by atoms with E-state index in [4.69, 9.17) is 4.74 Å². The van der Waals surface area contributed by atoms with Gasteiger partial charge in [-0.15, -0.1) is 0 Å². The zero-order chi connectivity index (χ0) is 12.2. The highest BCUT2D eigenvalue weighted by Gasteiger charge is 2.35. The first kappa shape index (κ1) is 12.0. The number of nitrogens with zero attached hydrogens (tertiary/aromatic N) is 1. The van der Waals surface area contributed by atoms with Crippen molar-refractivity contribution >= 4 is 0 Å². The van der Waals surface area contributed by atoms with Gasteiger partial charge in [0.25, 0.3) is 0 Å². The third-order valence-electron chi connectivity index (χ3n) is 4.10. The fourth-order valence-electron chi connectivity index (χ4n) is 3.13. The quantitative estimate of drug-likeness (QED) is 0.799. The second-order valence-corrected chi connectivity index (χ2v) is 5.45. The Hall–Kier alpha value is -1.06. The van der Waals surface area contributed by atoms with Crippen LogP contribution >= 0.6 is 0 Å². The van der Waals surface area contributed by atoms with E-state index in [-0.39, 0.29) is 0 Å². The summed E-state index contributed by atoms with van der Waals surface area (Å²) in [6.45, 7) is 7.02. The average molecular weight is 246 g/mol. The summed E-state index contributed by atoms with van der Waals surface area (Å²) in [5.41, 5.74) is 0. The van der Waals surface area contributed by atoms with E-state index in [0.717, 1.165) is 30.6 Å². The predicted octanol–water partition coefficient (Wildman–Crippen LogP) is 1.61. The molecule has 0 radical (unpaired) electrons. The van der Waals surface area contributed by atoms with Crippen LogP contribution in [0.2, 0.25) is 0 Å². The van der Waals surface area contributed by atoms with Crippen LogP contribution in [-0.4, -0.2) is 44.2 Å². The Morgan fingerprint density at radius 3 is 2.56 bits per heavy atom. The number of hydrogen-bond donors (Lipinski definition) is 1. The lowest BCUT2D eigenvalue weighted by Gasteiger charge is -2.16. The summed E-state index contributed by atoms with van der Waals surface area (Å²) in [7, 11) is 0. The van der Waals surface area contributed by atoms with Crippen LogP contribution < -0.4 is 10.1 Å². The van der Waals surface area contributed by atoms with Gasteiger partial charge in [0, 0.05) is 19.6 Å². The van der Waals surface area contributed by atoms with Crippen molar-refractivity contribution < 1.29 is 4.74 Å². The first-order valence-corrected chi connectivity index (χ1v) is 7.03. The van der Waals surface area contributed by atoms with E-state index in [2.05, 4.69) is 10.2 Å². The number of ether oxygens (including phenoxy) is 1. The van der Waals surface area contributed by atoms with Crippen molar-refractivity contribution in [3.8, 4) is 5.75 Å². The van der Waals surface area contributed by atoms with E-state index in [9.17, 15) is 0 Å². The van der Waals surface area contributed by atoms with Crippen LogP contribution in [0.4, 0.5) is 0 Å². The Labute approximate surface area is 109 Å². The standard InChI is InChI=1S/C15H22N2O/c1-2-5-15(6-3-1)18-8-4-7-17-11-13-9-16-10-14(13)12-17/h1-3,5-6,13-14,16H,4,7-12H2/t13-,14+. The maximum absolute atomic E-state index is 5.72. The molecule has 2 heterocycles. The minimum absolute atomic E-state index is 0.827. The zero-order valence-electron chi connectivity index (χ0n) is 10.8. The van der Waals surface area contributed by atoms with Gasteiger partial charge in [-0.1, -0.05) is 18.2 Å². The van der Waals surface area contributed by atoms with Gasteiger partial charge < -0.3 is 15.0 Å². The number of hydrogen-bond acceptors (Lipinski definition) is 3. The van der Waals surface area contributed by atoms with Gasteiger partial charge in [0.1, 0.15) is 5.75 Å². The minimum atomic E-state index is 0.827. The van der Waals surface area contributed by atoms with Crippen LogP contribution in [0.25, 0.3) is 0 Å². The highest BCUT2D eigenvalue weighted by Crippen LogP contribution is 2.26. The first-order chi connectivity index (χ1) is 8.92. The minimum Gasteiger partial charge on any atom is -0.494 e. The highest BCUT2D eigenvalue weighted by atomic mass is 16.5. The zero-order valence-corrected chi connectivity index (χ0v) is 10.8. The normalized spacial score (nSPS) is 27.3. The van der Waals surface area contributed by atoms with Crippen LogP contribution in [0.1, 0.15) is 6.42 Å². The molecule has 0 spiro atoms. The molecule has 2 aliphatic heterocycles. The van der Waals surface area contributed by atoms with E-state index in [1.807, 2.05) is 30.3 Å². The van der Waals surface area contributed by atoms with Gasteiger partial charge in [-0.2, -0.15) is 0 Å². The number of para-hydroxylation sites is 1. The Kier molecular flexibility index (Phi) is 3.81. The van der Waals surface area contributed by atoms with Gasteiger partial charge in [0.05, 0.1) is 6.61 Å². The van der Waals surface area contributed by atoms with Gasteiger partial charge in [0.15, 0.2) is 0 Å². The second kappa shape index (κ2) is 5.72. The van der Waals surface area contributed by atoms with Gasteiger partial charge in [-0.25, -0.2) is 0 Å². The summed E-state index contributed by atoms with van der Waals surface area (Å²) in [5, 5.41) is 3.48. The number of fused-ring (bicyclic) bond motifs is 1. The number of nitrogens with one attached hydrogen (secondary N) is 1. The summed E-state index contributed by atoms with van der Waals surface area (Å²) in [5.74, 6) is 2.79. The monoisotopic (exact) mass is 246 g/mol. The molecule has 0 unspecified atom stereocenters. The van der Waals surface area contributed by atoms with Crippen molar-refractivity contribution in [1.29, 1.82) is 0 Å². The molecule has 2 aliphatic rings. The summed E-state index contributed by atoms with van der Waals surface area (Å²) in [6, 6.07) is 10.1. The fraction of sp³-hybridized carbons (Fsp3) is 0.600. The average Bonchev–Trinajstić information content (AvgIpc) is 2.96. The van der Waals surface area contributed by atoms with E-state index in [0.29, 0.717) is 0 Å². The van der Waals surface area contributed by atoms with Crippen LogP contribution in [0, 0.1) is 11.8 Å². The molecule has 3 heteroatoms. The van der Waals surface area contributed by atoms with Crippen molar-refractivity contribution in [2.45, 2.75) is 6.42 Å². The predicted molar refractivity (Wildman–Crippen MR) is 72.8 cm³/mol. The molecule has 0 saturated carbocycles. The Bertz CT molecular complexity index is 356.